The molecule has 0 aromatic heterocycles. The summed E-state index contributed by atoms with van der Waals surface area (Å²) in [6, 6.07) is 4.21. The van der Waals surface area contributed by atoms with Crippen molar-refractivity contribution < 1.29 is 4.74 Å². The first-order chi connectivity index (χ1) is 6.61. The Morgan fingerprint density at radius 3 is 2.79 bits per heavy atom. The van der Waals surface area contributed by atoms with Crippen molar-refractivity contribution in [2.75, 3.05) is 25.6 Å². The average Bonchev–Trinajstić information content (AvgIpc) is 2.49. The highest BCUT2D eigenvalue weighted by atomic mass is 16.5. The molecule has 0 aliphatic carbocycles. The van der Waals surface area contributed by atoms with Crippen LogP contribution >= 0.6 is 0 Å². The number of rotatable bonds is 1. The van der Waals surface area contributed by atoms with Gasteiger partial charge in [-0.15, -0.1) is 0 Å². The highest BCUT2D eigenvalue weighted by molar-refractivity contribution is 5.65. The zero-order valence-corrected chi connectivity index (χ0v) is 8.87. The third-order valence-corrected chi connectivity index (χ3v) is 2.65. The average molecular weight is 192 g/mol. The molecule has 2 rings (SSSR count). The zero-order chi connectivity index (χ0) is 10.3. The third kappa shape index (κ3) is 1.24. The third-order valence-electron chi connectivity index (χ3n) is 2.65. The van der Waals surface area contributed by atoms with E-state index in [0.717, 1.165) is 17.0 Å². The maximum absolute atomic E-state index is 5.97. The Morgan fingerprint density at radius 2 is 2.14 bits per heavy atom. The van der Waals surface area contributed by atoms with Gasteiger partial charge in [0.25, 0.3) is 0 Å². The van der Waals surface area contributed by atoms with Gasteiger partial charge in [0.1, 0.15) is 12.4 Å². The van der Waals surface area contributed by atoms with Gasteiger partial charge in [-0.25, -0.2) is 0 Å². The van der Waals surface area contributed by atoms with Gasteiger partial charge in [-0.3, -0.25) is 0 Å². The number of nitrogens with zero attached hydrogens (tertiary/aromatic N) is 1. The molecule has 2 N–H and O–H groups in total. The Morgan fingerprint density at radius 1 is 1.43 bits per heavy atom. The number of hydrogen-bond donors (Lipinski definition) is 1. The van der Waals surface area contributed by atoms with Crippen molar-refractivity contribution in [3.63, 3.8) is 0 Å². The van der Waals surface area contributed by atoms with Gasteiger partial charge in [0.05, 0.1) is 11.7 Å². The van der Waals surface area contributed by atoms with E-state index in [4.69, 9.17) is 10.5 Å². The van der Waals surface area contributed by atoms with Crippen LogP contribution in [0.25, 0.3) is 0 Å². The molecule has 0 fully saturated rings. The normalized spacial score (nSPS) is 19.0. The molecule has 0 radical (unpaired) electrons. The predicted molar refractivity (Wildman–Crippen MR) is 57.9 cm³/mol. The number of benzene rings is 1. The van der Waals surface area contributed by atoms with Crippen LogP contribution in [0.3, 0.4) is 0 Å². The van der Waals surface area contributed by atoms with Gasteiger partial charge in [-0.1, -0.05) is 6.07 Å². The topological polar surface area (TPSA) is 38.5 Å². The van der Waals surface area contributed by atoms with Crippen LogP contribution in [-0.2, 0) is 0 Å². The summed E-state index contributed by atoms with van der Waals surface area (Å²) in [7, 11) is 4.02. The summed E-state index contributed by atoms with van der Waals surface area (Å²) in [6.07, 6.45) is 0. The van der Waals surface area contributed by atoms with Crippen molar-refractivity contribution in [2.24, 2.45) is 5.73 Å². The van der Waals surface area contributed by atoms with Crippen molar-refractivity contribution in [2.45, 2.75) is 13.0 Å². The Kier molecular flexibility index (Phi) is 2.11. The van der Waals surface area contributed by atoms with E-state index in [-0.39, 0.29) is 6.04 Å². The fourth-order valence-electron chi connectivity index (χ4n) is 1.91. The lowest BCUT2D eigenvalue weighted by Crippen LogP contribution is -2.12. The number of fused-ring (bicyclic) bond motifs is 1. The summed E-state index contributed by atoms with van der Waals surface area (Å²) in [4.78, 5) is 2.05. The second kappa shape index (κ2) is 3.17. The molecule has 76 valence electrons. The van der Waals surface area contributed by atoms with E-state index >= 15 is 0 Å². The molecule has 0 saturated carbocycles. The van der Waals surface area contributed by atoms with E-state index in [1.807, 2.05) is 14.1 Å². The molecular weight excluding hydrogens is 176 g/mol. The Bertz CT molecular complexity index is 361. The van der Waals surface area contributed by atoms with E-state index in [2.05, 4.69) is 24.0 Å². The van der Waals surface area contributed by atoms with Crippen LogP contribution in [0.2, 0.25) is 0 Å². The van der Waals surface area contributed by atoms with Crippen molar-refractivity contribution in [1.82, 2.24) is 0 Å². The van der Waals surface area contributed by atoms with Gasteiger partial charge >= 0.3 is 0 Å². The van der Waals surface area contributed by atoms with Gasteiger partial charge in [0.15, 0.2) is 0 Å². The summed E-state index contributed by atoms with van der Waals surface area (Å²) in [6.45, 7) is 2.67. The van der Waals surface area contributed by atoms with Crippen LogP contribution in [0, 0.1) is 6.92 Å². The largest absolute Gasteiger partial charge is 0.489 e. The van der Waals surface area contributed by atoms with E-state index in [0.29, 0.717) is 6.61 Å². The number of hydrogen-bond acceptors (Lipinski definition) is 3. The lowest BCUT2D eigenvalue weighted by Gasteiger charge is -2.17. The molecule has 1 heterocycles. The molecule has 1 aliphatic heterocycles. The maximum Gasteiger partial charge on any atom is 0.147 e. The first-order valence-corrected chi connectivity index (χ1v) is 4.80. The molecule has 3 heteroatoms. The molecule has 0 bridgehead atoms. The Labute approximate surface area is 84.5 Å². The maximum atomic E-state index is 5.97. The summed E-state index contributed by atoms with van der Waals surface area (Å²) >= 11 is 0. The van der Waals surface area contributed by atoms with Crippen LogP contribution in [0.4, 0.5) is 5.69 Å². The molecular formula is C11H16N2O. The predicted octanol–water partition coefficient (Wildman–Crippen LogP) is 1.45. The highest BCUT2D eigenvalue weighted by Gasteiger charge is 2.25. The van der Waals surface area contributed by atoms with Gasteiger partial charge in [0.2, 0.25) is 0 Å². The fourth-order valence-corrected chi connectivity index (χ4v) is 1.91. The minimum Gasteiger partial charge on any atom is -0.489 e. The molecule has 1 aliphatic rings. The summed E-state index contributed by atoms with van der Waals surface area (Å²) in [5.41, 5.74) is 9.46. The van der Waals surface area contributed by atoms with E-state index in [1.165, 1.54) is 5.56 Å². The van der Waals surface area contributed by atoms with Gasteiger partial charge < -0.3 is 15.4 Å². The zero-order valence-electron chi connectivity index (χ0n) is 8.87. The molecule has 1 atom stereocenters. The highest BCUT2D eigenvalue weighted by Crippen LogP contribution is 2.40. The molecule has 0 unspecified atom stereocenters. The van der Waals surface area contributed by atoms with E-state index in [1.54, 1.807) is 0 Å². The molecule has 0 saturated heterocycles. The molecule has 3 nitrogen and oxygen atoms in total. The Hall–Kier alpha value is -1.22. The molecule has 14 heavy (non-hydrogen) atoms. The summed E-state index contributed by atoms with van der Waals surface area (Å²) < 4.78 is 5.62. The van der Waals surface area contributed by atoms with E-state index in [9.17, 15) is 0 Å². The lowest BCUT2D eigenvalue weighted by molar-refractivity contribution is 0.334. The van der Waals surface area contributed by atoms with Crippen LogP contribution in [0.1, 0.15) is 17.2 Å². The van der Waals surface area contributed by atoms with Gasteiger partial charge in [-0.05, 0) is 18.6 Å². The minimum absolute atomic E-state index is 0.0323. The van der Waals surface area contributed by atoms with Crippen molar-refractivity contribution >= 4 is 5.69 Å². The smallest absolute Gasteiger partial charge is 0.147 e. The first kappa shape index (κ1) is 9.34. The molecule has 1 aromatic rings. The van der Waals surface area contributed by atoms with Crippen LogP contribution < -0.4 is 15.4 Å². The minimum atomic E-state index is 0.0323. The first-order valence-electron chi connectivity index (χ1n) is 4.80. The SMILES string of the molecule is Cc1ccc(N(C)C)c2c1[C@H](N)CO2. The molecule has 0 spiro atoms. The second-order valence-electron chi connectivity index (χ2n) is 3.96. The summed E-state index contributed by atoms with van der Waals surface area (Å²) in [5.74, 6) is 0.961. The fraction of sp³-hybridized carbons (Fsp3) is 0.455. The lowest BCUT2D eigenvalue weighted by atomic mass is 10.0. The van der Waals surface area contributed by atoms with Crippen LogP contribution in [0.5, 0.6) is 5.75 Å². The molecule has 0 amide bonds. The molecule has 1 aromatic carbocycles. The Balaban J connectivity index is 2.59. The number of nitrogens with two attached hydrogens (primary N) is 1. The second-order valence-corrected chi connectivity index (χ2v) is 3.96. The summed E-state index contributed by atoms with van der Waals surface area (Å²) in [5, 5.41) is 0. The number of aryl methyl sites for hydroxylation is 1. The van der Waals surface area contributed by atoms with Gasteiger partial charge in [0, 0.05) is 19.7 Å². The van der Waals surface area contributed by atoms with Crippen molar-refractivity contribution in [1.29, 1.82) is 0 Å². The van der Waals surface area contributed by atoms with Crippen LogP contribution in [-0.4, -0.2) is 20.7 Å². The number of ether oxygens (including phenoxy) is 1. The van der Waals surface area contributed by atoms with E-state index < -0.39 is 0 Å². The van der Waals surface area contributed by atoms with Crippen molar-refractivity contribution in [3.8, 4) is 5.75 Å². The quantitative estimate of drug-likeness (QED) is 0.732. The van der Waals surface area contributed by atoms with Crippen LogP contribution in [0.15, 0.2) is 12.1 Å². The standard InChI is InChI=1S/C11H16N2O/c1-7-4-5-9(13(2)3)11-10(7)8(12)6-14-11/h4-5,8H,6,12H2,1-3H3/t8-/m1/s1. The monoisotopic (exact) mass is 192 g/mol. The van der Waals surface area contributed by atoms with Gasteiger partial charge in [-0.2, -0.15) is 0 Å². The van der Waals surface area contributed by atoms with Crippen molar-refractivity contribution in [3.05, 3.63) is 23.3 Å². The number of anilines is 1.